The molecule has 1 amide bonds. The normalized spacial score (nSPS) is 11.3. The highest BCUT2D eigenvalue weighted by molar-refractivity contribution is 6.05. The number of aromatic nitrogens is 1. The maximum Gasteiger partial charge on any atom is 0.419 e. The highest BCUT2D eigenvalue weighted by Crippen LogP contribution is 2.20. The van der Waals surface area contributed by atoms with E-state index in [0.29, 0.717) is 35.4 Å². The number of anilines is 2. The maximum absolute atomic E-state index is 12.8. The monoisotopic (exact) mass is 424 g/mol. The summed E-state index contributed by atoms with van der Waals surface area (Å²) < 4.78 is 6.91. The Balaban J connectivity index is 1.75. The lowest BCUT2D eigenvalue weighted by Gasteiger charge is -2.23. The highest BCUT2D eigenvalue weighted by atomic mass is 16.4. The smallest absolute Gasteiger partial charge is 0.408 e. The zero-order valence-electron chi connectivity index (χ0n) is 18.9. The second kappa shape index (κ2) is 10.3. The van der Waals surface area contributed by atoms with E-state index in [-0.39, 0.29) is 11.7 Å². The van der Waals surface area contributed by atoms with Gasteiger partial charge in [0.1, 0.15) is 0 Å². The largest absolute Gasteiger partial charge is 0.419 e. The van der Waals surface area contributed by atoms with Crippen molar-refractivity contribution in [3.05, 3.63) is 58.6 Å². The first kappa shape index (κ1) is 22.6. The molecule has 0 unspecified atom stereocenters. The summed E-state index contributed by atoms with van der Waals surface area (Å²) in [7, 11) is 3.90. The zero-order chi connectivity index (χ0) is 22.4. The standard InChI is InChI=1S/C24H32N4O3/c1-5-7-14-27(6-2)20-11-8-18(9-12-20)23(29)25-19-10-13-22-21(17-19)28(24(30)31-22)16-15-26(3)4/h8-13,17H,5-7,14-16H2,1-4H3,(H,25,29). The van der Waals surface area contributed by atoms with Crippen molar-refractivity contribution in [1.82, 2.24) is 9.47 Å². The molecule has 0 saturated carbocycles. The first-order valence-electron chi connectivity index (χ1n) is 10.9. The van der Waals surface area contributed by atoms with Crippen LogP contribution in [0.4, 0.5) is 11.4 Å². The van der Waals surface area contributed by atoms with Crippen molar-refractivity contribution < 1.29 is 9.21 Å². The molecule has 3 rings (SSSR count). The van der Waals surface area contributed by atoms with E-state index in [1.165, 1.54) is 0 Å². The summed E-state index contributed by atoms with van der Waals surface area (Å²) in [6.45, 7) is 7.50. The fraction of sp³-hybridized carbons (Fsp3) is 0.417. The molecule has 0 aliphatic rings. The molecule has 0 saturated heterocycles. The second-order valence-electron chi connectivity index (χ2n) is 7.94. The lowest BCUT2D eigenvalue weighted by molar-refractivity contribution is 0.102. The fourth-order valence-electron chi connectivity index (χ4n) is 3.50. The van der Waals surface area contributed by atoms with Crippen LogP contribution in [0.2, 0.25) is 0 Å². The van der Waals surface area contributed by atoms with Crippen LogP contribution in [0.25, 0.3) is 11.1 Å². The SMILES string of the molecule is CCCCN(CC)c1ccc(C(=O)Nc2ccc3oc(=O)n(CCN(C)C)c3c2)cc1. The van der Waals surface area contributed by atoms with Crippen molar-refractivity contribution >= 4 is 28.4 Å². The lowest BCUT2D eigenvalue weighted by atomic mass is 10.1. The Labute approximate surface area is 183 Å². The van der Waals surface area contributed by atoms with E-state index in [2.05, 4.69) is 24.1 Å². The van der Waals surface area contributed by atoms with E-state index in [0.717, 1.165) is 31.6 Å². The van der Waals surface area contributed by atoms with Gasteiger partial charge < -0.3 is 19.5 Å². The Morgan fingerprint density at radius 1 is 1.06 bits per heavy atom. The third-order valence-electron chi connectivity index (χ3n) is 5.35. The Hall–Kier alpha value is -3.06. The van der Waals surface area contributed by atoms with Crippen molar-refractivity contribution in [3.8, 4) is 0 Å². The Kier molecular flexibility index (Phi) is 7.52. The van der Waals surface area contributed by atoms with E-state index in [4.69, 9.17) is 4.42 Å². The van der Waals surface area contributed by atoms with Gasteiger partial charge in [-0.05, 0) is 69.9 Å². The van der Waals surface area contributed by atoms with Crippen LogP contribution in [0.15, 0.2) is 51.7 Å². The van der Waals surface area contributed by atoms with Crippen molar-refractivity contribution in [1.29, 1.82) is 0 Å². The maximum atomic E-state index is 12.8. The predicted molar refractivity (Wildman–Crippen MR) is 126 cm³/mol. The second-order valence-corrected chi connectivity index (χ2v) is 7.94. The van der Waals surface area contributed by atoms with E-state index < -0.39 is 0 Å². The molecule has 0 bridgehead atoms. The van der Waals surface area contributed by atoms with Crippen molar-refractivity contribution in [3.63, 3.8) is 0 Å². The molecule has 1 heterocycles. The van der Waals surface area contributed by atoms with Gasteiger partial charge >= 0.3 is 5.76 Å². The Morgan fingerprint density at radius 2 is 1.81 bits per heavy atom. The summed E-state index contributed by atoms with van der Waals surface area (Å²) >= 11 is 0. The number of nitrogens with one attached hydrogen (secondary N) is 1. The number of hydrogen-bond acceptors (Lipinski definition) is 5. The molecule has 7 nitrogen and oxygen atoms in total. The number of nitrogens with zero attached hydrogens (tertiary/aromatic N) is 3. The molecular weight excluding hydrogens is 392 g/mol. The molecule has 0 radical (unpaired) electrons. The molecule has 1 N–H and O–H groups in total. The van der Waals surface area contributed by atoms with Gasteiger partial charge in [0.25, 0.3) is 5.91 Å². The number of carbonyl (C=O) groups excluding carboxylic acids is 1. The van der Waals surface area contributed by atoms with Gasteiger partial charge in [0.05, 0.1) is 5.52 Å². The average molecular weight is 425 g/mol. The molecule has 3 aromatic rings. The zero-order valence-corrected chi connectivity index (χ0v) is 18.9. The van der Waals surface area contributed by atoms with Crippen LogP contribution in [0.3, 0.4) is 0 Å². The summed E-state index contributed by atoms with van der Waals surface area (Å²) in [5.74, 6) is -0.576. The molecule has 166 valence electrons. The minimum atomic E-state index is -0.389. The molecule has 2 aromatic carbocycles. The topological polar surface area (TPSA) is 70.7 Å². The first-order valence-corrected chi connectivity index (χ1v) is 10.9. The van der Waals surface area contributed by atoms with E-state index in [9.17, 15) is 9.59 Å². The molecule has 0 fully saturated rings. The van der Waals surface area contributed by atoms with Gasteiger partial charge in [-0.15, -0.1) is 0 Å². The molecule has 0 aliphatic carbocycles. The number of rotatable bonds is 10. The number of hydrogen-bond donors (Lipinski definition) is 1. The first-order chi connectivity index (χ1) is 14.9. The van der Waals surface area contributed by atoms with E-state index >= 15 is 0 Å². The number of unbranched alkanes of at least 4 members (excludes halogenated alkanes) is 1. The summed E-state index contributed by atoms with van der Waals surface area (Å²) in [5, 5.41) is 2.93. The van der Waals surface area contributed by atoms with Gasteiger partial charge in [0.15, 0.2) is 5.58 Å². The van der Waals surface area contributed by atoms with E-state index in [1.807, 2.05) is 43.3 Å². The molecule has 0 aliphatic heterocycles. The quantitative estimate of drug-likeness (QED) is 0.532. The van der Waals surface area contributed by atoms with Gasteiger partial charge in [0.2, 0.25) is 0 Å². The van der Waals surface area contributed by atoms with Crippen LogP contribution in [0, 0.1) is 0 Å². The summed E-state index contributed by atoms with van der Waals surface area (Å²) in [6, 6.07) is 12.9. The molecule has 7 heteroatoms. The Morgan fingerprint density at radius 3 is 2.45 bits per heavy atom. The van der Waals surface area contributed by atoms with Crippen LogP contribution < -0.4 is 16.0 Å². The number of oxazole rings is 1. The van der Waals surface area contributed by atoms with Crippen LogP contribution in [-0.4, -0.2) is 49.1 Å². The summed E-state index contributed by atoms with van der Waals surface area (Å²) in [6.07, 6.45) is 2.30. The van der Waals surface area contributed by atoms with Crippen LogP contribution in [0.5, 0.6) is 0 Å². The number of fused-ring (bicyclic) bond motifs is 1. The third-order valence-corrected chi connectivity index (χ3v) is 5.35. The highest BCUT2D eigenvalue weighted by Gasteiger charge is 2.13. The molecule has 31 heavy (non-hydrogen) atoms. The molecular formula is C24H32N4O3. The van der Waals surface area contributed by atoms with Gasteiger partial charge in [-0.25, -0.2) is 4.79 Å². The predicted octanol–water partition coefficient (Wildman–Crippen LogP) is 4.03. The van der Waals surface area contributed by atoms with Gasteiger partial charge in [-0.1, -0.05) is 13.3 Å². The lowest BCUT2D eigenvalue weighted by Crippen LogP contribution is -2.24. The number of likely N-dealkylation sites (N-methyl/N-ethyl adjacent to an activating group) is 1. The van der Waals surface area contributed by atoms with Crippen molar-refractivity contribution in [2.75, 3.05) is 43.9 Å². The van der Waals surface area contributed by atoms with Crippen molar-refractivity contribution in [2.24, 2.45) is 0 Å². The van der Waals surface area contributed by atoms with E-state index in [1.54, 1.807) is 22.8 Å². The van der Waals surface area contributed by atoms with Gasteiger partial charge in [-0.3, -0.25) is 9.36 Å². The third kappa shape index (κ3) is 5.55. The van der Waals surface area contributed by atoms with Crippen LogP contribution in [0.1, 0.15) is 37.0 Å². The molecule has 1 aromatic heterocycles. The fourth-order valence-corrected chi connectivity index (χ4v) is 3.50. The average Bonchev–Trinajstić information content (AvgIpc) is 3.07. The molecule has 0 atom stereocenters. The number of carbonyl (C=O) groups is 1. The van der Waals surface area contributed by atoms with Crippen LogP contribution >= 0.6 is 0 Å². The summed E-state index contributed by atoms with van der Waals surface area (Å²) in [5.41, 5.74) is 3.52. The van der Waals surface area contributed by atoms with Crippen molar-refractivity contribution in [2.45, 2.75) is 33.2 Å². The summed E-state index contributed by atoms with van der Waals surface area (Å²) in [4.78, 5) is 29.2. The minimum absolute atomic E-state index is 0.187. The Bertz CT molecular complexity index is 1070. The van der Waals surface area contributed by atoms with Crippen LogP contribution in [-0.2, 0) is 6.54 Å². The number of amides is 1. The number of benzene rings is 2. The molecule has 0 spiro atoms. The minimum Gasteiger partial charge on any atom is -0.408 e. The van der Waals surface area contributed by atoms with Gasteiger partial charge in [0, 0.05) is 43.1 Å². The van der Waals surface area contributed by atoms with Gasteiger partial charge in [-0.2, -0.15) is 0 Å².